The minimum absolute atomic E-state index is 0.227. The molecule has 1 aliphatic carbocycles. The topological polar surface area (TPSA) is 18.5 Å². The molecule has 0 aromatic rings. The largest absolute Gasteiger partial charge is 0.411 e. The molecule has 3 atom stereocenters. The summed E-state index contributed by atoms with van der Waals surface area (Å²) in [5, 5.41) is -0.227. The smallest absolute Gasteiger partial charge is 0.374 e. The van der Waals surface area contributed by atoms with Gasteiger partial charge in [0, 0.05) is 6.61 Å². The van der Waals surface area contributed by atoms with Crippen LogP contribution in [0.25, 0.3) is 0 Å². The van der Waals surface area contributed by atoms with Gasteiger partial charge in [-0.3, -0.25) is 0 Å². The molecule has 0 aliphatic heterocycles. The van der Waals surface area contributed by atoms with E-state index in [-0.39, 0.29) is 5.38 Å². The maximum Gasteiger partial charge on any atom is 0.411 e. The van der Waals surface area contributed by atoms with Crippen molar-refractivity contribution in [2.24, 2.45) is 0 Å². The fraction of sp³-hybridized carbons (Fsp3) is 1.00. The first-order chi connectivity index (χ1) is 6.94. The Balaban J connectivity index is 2.24. The SMILES string of the molecule is CCCOC1C(Cl)CC1OCC(F)(F)F. The van der Waals surface area contributed by atoms with Crippen molar-refractivity contribution >= 4 is 11.6 Å². The lowest BCUT2D eigenvalue weighted by Gasteiger charge is -2.40. The standard InChI is InChI=1S/C9H14ClF3O2/c1-2-3-14-8-6(10)4-7(8)15-5-9(11,12)13/h6-8H,2-5H2,1H3. The first-order valence-electron chi connectivity index (χ1n) is 4.88. The molecule has 2 nitrogen and oxygen atoms in total. The lowest BCUT2D eigenvalue weighted by atomic mass is 9.91. The number of halogens is 4. The van der Waals surface area contributed by atoms with Gasteiger partial charge in [-0.1, -0.05) is 6.92 Å². The Morgan fingerprint density at radius 1 is 1.33 bits per heavy atom. The number of hydrogen-bond acceptors (Lipinski definition) is 2. The van der Waals surface area contributed by atoms with E-state index in [1.165, 1.54) is 0 Å². The highest BCUT2D eigenvalue weighted by Gasteiger charge is 2.43. The van der Waals surface area contributed by atoms with Crippen LogP contribution in [-0.4, -0.2) is 37.0 Å². The van der Waals surface area contributed by atoms with E-state index < -0.39 is 25.0 Å². The predicted octanol–water partition coefficient (Wildman–Crippen LogP) is 2.74. The molecule has 0 bridgehead atoms. The summed E-state index contributed by atoms with van der Waals surface area (Å²) >= 11 is 5.81. The van der Waals surface area contributed by atoms with E-state index in [0.717, 1.165) is 6.42 Å². The van der Waals surface area contributed by atoms with Crippen molar-refractivity contribution in [1.82, 2.24) is 0 Å². The third kappa shape index (κ3) is 4.17. The summed E-state index contributed by atoms with van der Waals surface area (Å²) in [6.07, 6.45) is -3.96. The van der Waals surface area contributed by atoms with Crippen LogP contribution in [0.5, 0.6) is 0 Å². The van der Waals surface area contributed by atoms with Gasteiger partial charge in [0.2, 0.25) is 0 Å². The summed E-state index contributed by atoms with van der Waals surface area (Å²) in [5.41, 5.74) is 0. The van der Waals surface area contributed by atoms with Crippen LogP contribution in [0.3, 0.4) is 0 Å². The second kappa shape index (κ2) is 5.37. The lowest BCUT2D eigenvalue weighted by Crippen LogP contribution is -2.52. The molecule has 0 amide bonds. The van der Waals surface area contributed by atoms with Crippen molar-refractivity contribution in [3.63, 3.8) is 0 Å². The van der Waals surface area contributed by atoms with Crippen molar-refractivity contribution in [3.05, 3.63) is 0 Å². The molecule has 1 aliphatic rings. The lowest BCUT2D eigenvalue weighted by molar-refractivity contribution is -0.213. The van der Waals surface area contributed by atoms with E-state index >= 15 is 0 Å². The first-order valence-corrected chi connectivity index (χ1v) is 5.31. The van der Waals surface area contributed by atoms with Crippen molar-refractivity contribution < 1.29 is 22.6 Å². The van der Waals surface area contributed by atoms with Crippen LogP contribution in [0.15, 0.2) is 0 Å². The Bertz CT molecular complexity index is 198. The average molecular weight is 247 g/mol. The molecule has 0 radical (unpaired) electrons. The van der Waals surface area contributed by atoms with Gasteiger partial charge < -0.3 is 9.47 Å². The zero-order valence-corrected chi connectivity index (χ0v) is 9.14. The van der Waals surface area contributed by atoms with Crippen LogP contribution in [0.1, 0.15) is 19.8 Å². The minimum Gasteiger partial charge on any atom is -0.374 e. The van der Waals surface area contributed by atoms with Crippen LogP contribution in [0, 0.1) is 0 Å². The predicted molar refractivity (Wildman–Crippen MR) is 50.1 cm³/mol. The number of ether oxygens (including phenoxy) is 2. The van der Waals surface area contributed by atoms with Gasteiger partial charge in [-0.25, -0.2) is 0 Å². The minimum atomic E-state index is -4.29. The summed E-state index contributed by atoms with van der Waals surface area (Å²) in [7, 11) is 0. The highest BCUT2D eigenvalue weighted by molar-refractivity contribution is 6.21. The zero-order chi connectivity index (χ0) is 11.5. The Morgan fingerprint density at radius 2 is 2.00 bits per heavy atom. The van der Waals surface area contributed by atoms with Crippen LogP contribution >= 0.6 is 11.6 Å². The van der Waals surface area contributed by atoms with E-state index in [2.05, 4.69) is 4.74 Å². The molecule has 0 aromatic heterocycles. The van der Waals surface area contributed by atoms with Crippen LogP contribution < -0.4 is 0 Å². The molecule has 0 spiro atoms. The summed E-state index contributed by atoms with van der Waals surface area (Å²) in [4.78, 5) is 0. The van der Waals surface area contributed by atoms with Crippen LogP contribution in [0.2, 0.25) is 0 Å². The van der Waals surface area contributed by atoms with E-state index in [1.807, 2.05) is 6.92 Å². The Labute approximate surface area is 91.7 Å². The maximum atomic E-state index is 11.9. The molecule has 1 fully saturated rings. The monoisotopic (exact) mass is 246 g/mol. The zero-order valence-electron chi connectivity index (χ0n) is 8.39. The van der Waals surface area contributed by atoms with Crippen molar-refractivity contribution in [1.29, 1.82) is 0 Å². The van der Waals surface area contributed by atoms with Gasteiger partial charge in [0.15, 0.2) is 0 Å². The molecule has 6 heteroatoms. The van der Waals surface area contributed by atoms with Gasteiger partial charge in [0.1, 0.15) is 12.7 Å². The molecule has 0 N–H and O–H groups in total. The van der Waals surface area contributed by atoms with Gasteiger partial charge in [0.05, 0.1) is 11.5 Å². The average Bonchev–Trinajstić information content (AvgIpc) is 2.11. The van der Waals surface area contributed by atoms with E-state index in [4.69, 9.17) is 16.3 Å². The first kappa shape index (κ1) is 13.1. The van der Waals surface area contributed by atoms with Gasteiger partial charge in [-0.05, 0) is 12.8 Å². The Hall–Kier alpha value is -0.0000000000000000555. The molecule has 90 valence electrons. The summed E-state index contributed by atoms with van der Waals surface area (Å²) in [6.45, 7) is 1.19. The number of rotatable bonds is 5. The summed E-state index contributed by atoms with van der Waals surface area (Å²) in [6, 6.07) is 0. The van der Waals surface area contributed by atoms with Gasteiger partial charge >= 0.3 is 6.18 Å². The second-order valence-electron chi connectivity index (χ2n) is 3.55. The highest BCUT2D eigenvalue weighted by atomic mass is 35.5. The van der Waals surface area contributed by atoms with E-state index in [0.29, 0.717) is 13.0 Å². The third-order valence-electron chi connectivity index (χ3n) is 2.16. The molecule has 0 aromatic carbocycles. The molecule has 1 saturated carbocycles. The van der Waals surface area contributed by atoms with Crippen molar-refractivity contribution in [2.75, 3.05) is 13.2 Å². The molecular formula is C9H14ClF3O2. The van der Waals surface area contributed by atoms with Crippen molar-refractivity contribution in [3.8, 4) is 0 Å². The van der Waals surface area contributed by atoms with Crippen LogP contribution in [-0.2, 0) is 9.47 Å². The molecule has 15 heavy (non-hydrogen) atoms. The van der Waals surface area contributed by atoms with Gasteiger partial charge in [-0.2, -0.15) is 13.2 Å². The van der Waals surface area contributed by atoms with Crippen LogP contribution in [0.4, 0.5) is 13.2 Å². The summed E-state index contributed by atoms with van der Waals surface area (Å²) in [5.74, 6) is 0. The molecule has 3 unspecified atom stereocenters. The second-order valence-corrected chi connectivity index (χ2v) is 4.11. The van der Waals surface area contributed by atoms with E-state index in [1.54, 1.807) is 0 Å². The van der Waals surface area contributed by atoms with Gasteiger partial charge in [0.25, 0.3) is 0 Å². The quantitative estimate of drug-likeness (QED) is 0.695. The highest BCUT2D eigenvalue weighted by Crippen LogP contribution is 2.33. The van der Waals surface area contributed by atoms with Crippen molar-refractivity contribution in [2.45, 2.75) is 43.5 Å². The fourth-order valence-electron chi connectivity index (χ4n) is 1.36. The normalized spacial score (nSPS) is 31.4. The number of alkyl halides is 4. The maximum absolute atomic E-state index is 11.9. The van der Waals surface area contributed by atoms with Gasteiger partial charge in [-0.15, -0.1) is 11.6 Å². The molecular weight excluding hydrogens is 233 g/mol. The third-order valence-corrected chi connectivity index (χ3v) is 2.58. The molecule has 1 rings (SSSR count). The Morgan fingerprint density at radius 3 is 2.47 bits per heavy atom. The fourth-order valence-corrected chi connectivity index (χ4v) is 1.77. The Kier molecular flexibility index (Phi) is 4.67. The summed E-state index contributed by atoms with van der Waals surface area (Å²) < 4.78 is 45.5. The molecule has 0 heterocycles. The number of hydrogen-bond donors (Lipinski definition) is 0. The van der Waals surface area contributed by atoms with E-state index in [9.17, 15) is 13.2 Å². The molecule has 0 saturated heterocycles.